The molecular formula is C39H23N3O. The summed E-state index contributed by atoms with van der Waals surface area (Å²) >= 11 is 0. The van der Waals surface area contributed by atoms with Crippen molar-refractivity contribution in [2.45, 2.75) is 0 Å². The van der Waals surface area contributed by atoms with Gasteiger partial charge in [0.1, 0.15) is 11.2 Å². The van der Waals surface area contributed by atoms with Gasteiger partial charge >= 0.3 is 0 Å². The Bertz CT molecular complexity index is 2640. The van der Waals surface area contributed by atoms with E-state index in [1.54, 1.807) is 12.3 Å². The highest BCUT2D eigenvalue weighted by molar-refractivity contribution is 6.06. The molecule has 43 heavy (non-hydrogen) atoms. The van der Waals surface area contributed by atoms with Crippen LogP contribution in [0.4, 0.5) is 0 Å². The van der Waals surface area contributed by atoms with Crippen LogP contribution in [-0.4, -0.2) is 15.0 Å². The Balaban J connectivity index is 1.29. The first kappa shape index (κ1) is 21.8. The van der Waals surface area contributed by atoms with E-state index in [2.05, 4.69) is 65.6 Å². The molecule has 0 atom stereocenters. The predicted octanol–water partition coefficient (Wildman–Crippen LogP) is 10.2. The number of hydrogen-bond acceptors (Lipinski definition) is 4. The number of hydrogen-bond donors (Lipinski definition) is 0. The molecule has 9 rings (SSSR count). The van der Waals surface area contributed by atoms with Crippen molar-refractivity contribution < 1.29 is 7.16 Å². The summed E-state index contributed by atoms with van der Waals surface area (Å²) in [5.74, 6) is 0. The van der Waals surface area contributed by atoms with Gasteiger partial charge in [-0.1, -0.05) is 66.7 Å². The fourth-order valence-corrected chi connectivity index (χ4v) is 6.09. The lowest BCUT2D eigenvalue weighted by molar-refractivity contribution is 0.669. The van der Waals surface area contributed by atoms with Gasteiger partial charge in [0.05, 0.1) is 19.3 Å². The molecule has 0 aliphatic rings. The molecule has 0 amide bonds. The Morgan fingerprint density at radius 3 is 2.12 bits per heavy atom. The zero-order chi connectivity index (χ0) is 30.1. The van der Waals surface area contributed by atoms with E-state index in [9.17, 15) is 1.37 Å². The maximum atomic E-state index is 9.26. The first-order valence-corrected chi connectivity index (χ1v) is 14.2. The normalized spacial score (nSPS) is 12.4. The highest BCUT2D eigenvalue weighted by Gasteiger charge is 2.14. The molecule has 4 nitrogen and oxygen atoms in total. The molecule has 0 saturated heterocycles. The SMILES string of the molecule is [2H]c1cccc2c1oc1c([2H])c(-c3cc(-c4cnc5c(ccc6cccnc65)c4)cc(-c4cccc5cccnc45)c3)ccc12. The minimum Gasteiger partial charge on any atom is -0.456 e. The molecular weight excluding hydrogens is 526 g/mol. The number of furan rings is 1. The molecule has 0 spiro atoms. The fraction of sp³-hybridized carbons (Fsp3) is 0. The highest BCUT2D eigenvalue weighted by Crippen LogP contribution is 2.38. The van der Waals surface area contributed by atoms with Gasteiger partial charge in [0.25, 0.3) is 0 Å². The van der Waals surface area contributed by atoms with E-state index >= 15 is 0 Å². The highest BCUT2D eigenvalue weighted by atomic mass is 16.3. The molecule has 9 aromatic rings. The molecule has 0 unspecified atom stereocenters. The zero-order valence-electron chi connectivity index (χ0n) is 24.9. The number of fused-ring (bicyclic) bond motifs is 7. The molecule has 200 valence electrons. The van der Waals surface area contributed by atoms with Crippen LogP contribution in [0.25, 0.3) is 88.0 Å². The van der Waals surface area contributed by atoms with E-state index in [1.807, 2.05) is 54.9 Å². The molecule has 4 heterocycles. The monoisotopic (exact) mass is 551 g/mol. The van der Waals surface area contributed by atoms with Gasteiger partial charge < -0.3 is 4.42 Å². The summed E-state index contributed by atoms with van der Waals surface area (Å²) in [5, 5.41) is 4.80. The van der Waals surface area contributed by atoms with Crippen molar-refractivity contribution >= 4 is 54.6 Å². The molecule has 0 saturated carbocycles. The van der Waals surface area contributed by atoms with Crippen molar-refractivity contribution in [1.29, 1.82) is 0 Å². The molecule has 0 aliphatic heterocycles. The van der Waals surface area contributed by atoms with Crippen LogP contribution in [0.2, 0.25) is 0 Å². The van der Waals surface area contributed by atoms with Gasteiger partial charge in [-0.25, -0.2) is 0 Å². The van der Waals surface area contributed by atoms with Gasteiger partial charge in [-0.3, -0.25) is 15.0 Å². The van der Waals surface area contributed by atoms with Crippen LogP contribution in [0.15, 0.2) is 144 Å². The summed E-state index contributed by atoms with van der Waals surface area (Å²) in [5.41, 5.74) is 9.20. The second-order valence-corrected chi connectivity index (χ2v) is 10.7. The van der Waals surface area contributed by atoms with Crippen LogP contribution in [-0.2, 0) is 0 Å². The van der Waals surface area contributed by atoms with E-state index in [0.29, 0.717) is 17.2 Å². The second kappa shape index (κ2) is 9.33. The predicted molar refractivity (Wildman–Crippen MR) is 176 cm³/mol. The van der Waals surface area contributed by atoms with Gasteiger partial charge in [-0.15, -0.1) is 0 Å². The van der Waals surface area contributed by atoms with Crippen LogP contribution in [0, 0.1) is 0 Å². The van der Waals surface area contributed by atoms with Crippen LogP contribution in [0.5, 0.6) is 0 Å². The van der Waals surface area contributed by atoms with Crippen molar-refractivity contribution in [3.63, 3.8) is 0 Å². The fourth-order valence-electron chi connectivity index (χ4n) is 6.09. The second-order valence-electron chi connectivity index (χ2n) is 10.7. The average molecular weight is 552 g/mol. The Kier molecular flexibility index (Phi) is 4.73. The number of rotatable bonds is 3. The lowest BCUT2D eigenvalue weighted by atomic mass is 9.92. The van der Waals surface area contributed by atoms with Gasteiger partial charge in [0, 0.05) is 56.6 Å². The smallest absolute Gasteiger partial charge is 0.136 e. The van der Waals surface area contributed by atoms with Crippen LogP contribution in [0.1, 0.15) is 2.74 Å². The van der Waals surface area contributed by atoms with Crippen molar-refractivity contribution in [3.8, 4) is 33.4 Å². The molecule has 4 aromatic heterocycles. The standard InChI is InChI=1S/C39H23N3O/c1-2-11-35-33(9-1)34-15-14-26(22-36(34)43-35)28-19-29(21-30(20-28)32-10-3-6-24-7-4-16-40-37(24)32)31-18-27-13-12-25-8-5-17-41-38(25)39(27)42-23-31/h1-23H/i11D,22D. The Morgan fingerprint density at radius 2 is 1.21 bits per heavy atom. The zero-order valence-corrected chi connectivity index (χ0v) is 22.9. The molecule has 0 aliphatic carbocycles. The Labute approximate surface area is 249 Å². The van der Waals surface area contributed by atoms with Crippen LogP contribution < -0.4 is 0 Å². The molecule has 0 radical (unpaired) electrons. The Hall–Kier alpha value is -5.87. The number of aromatic nitrogens is 3. The molecule has 4 heteroatoms. The van der Waals surface area contributed by atoms with E-state index in [1.165, 1.54) is 0 Å². The van der Waals surface area contributed by atoms with Crippen LogP contribution >= 0.6 is 0 Å². The molecule has 0 N–H and O–H groups in total. The van der Waals surface area contributed by atoms with Crippen LogP contribution in [0.3, 0.4) is 0 Å². The third-order valence-corrected chi connectivity index (χ3v) is 8.17. The van der Waals surface area contributed by atoms with Crippen molar-refractivity contribution in [3.05, 3.63) is 140 Å². The minimum absolute atomic E-state index is 0.288. The molecule has 0 fully saturated rings. The van der Waals surface area contributed by atoms with Crippen molar-refractivity contribution in [2.75, 3.05) is 0 Å². The minimum atomic E-state index is 0.288. The first-order valence-electron chi connectivity index (χ1n) is 15.2. The maximum Gasteiger partial charge on any atom is 0.136 e. The van der Waals surface area contributed by atoms with E-state index in [-0.39, 0.29) is 6.04 Å². The Morgan fingerprint density at radius 1 is 0.488 bits per heavy atom. The summed E-state index contributed by atoms with van der Waals surface area (Å²) in [6, 6.07) is 37.0. The number of para-hydroxylation sites is 2. The van der Waals surface area contributed by atoms with E-state index in [4.69, 9.17) is 15.8 Å². The lowest BCUT2D eigenvalue weighted by Gasteiger charge is -2.13. The largest absolute Gasteiger partial charge is 0.456 e. The summed E-state index contributed by atoms with van der Waals surface area (Å²) in [4.78, 5) is 14.2. The number of nitrogens with zero attached hydrogens (tertiary/aromatic N) is 3. The topological polar surface area (TPSA) is 51.8 Å². The number of benzene rings is 5. The van der Waals surface area contributed by atoms with Gasteiger partial charge in [-0.2, -0.15) is 0 Å². The summed E-state index contributed by atoms with van der Waals surface area (Å²) in [7, 11) is 0. The van der Waals surface area contributed by atoms with Gasteiger partial charge in [-0.05, 0) is 76.8 Å². The maximum absolute atomic E-state index is 9.26. The summed E-state index contributed by atoms with van der Waals surface area (Å²) < 4.78 is 23.7. The van der Waals surface area contributed by atoms with Gasteiger partial charge in [0.15, 0.2) is 0 Å². The third-order valence-electron chi connectivity index (χ3n) is 8.17. The quantitative estimate of drug-likeness (QED) is 0.205. The first-order chi connectivity index (χ1) is 22.1. The third kappa shape index (κ3) is 3.88. The average Bonchev–Trinajstić information content (AvgIpc) is 3.48. The van der Waals surface area contributed by atoms with Gasteiger partial charge in [0.2, 0.25) is 0 Å². The molecule has 5 aromatic carbocycles. The summed E-state index contributed by atoms with van der Waals surface area (Å²) in [6.45, 7) is 0. The van der Waals surface area contributed by atoms with Crippen molar-refractivity contribution in [2.24, 2.45) is 0 Å². The van der Waals surface area contributed by atoms with E-state index < -0.39 is 0 Å². The van der Waals surface area contributed by atoms with Crippen molar-refractivity contribution in [1.82, 2.24) is 15.0 Å². The van der Waals surface area contributed by atoms with E-state index in [0.717, 1.165) is 76.9 Å². The summed E-state index contributed by atoms with van der Waals surface area (Å²) in [6.07, 6.45) is 5.52. The number of pyridine rings is 3. The molecule has 0 bridgehead atoms. The lowest BCUT2D eigenvalue weighted by Crippen LogP contribution is -1.90.